The van der Waals surface area contributed by atoms with Gasteiger partial charge >= 0.3 is 0 Å². The standard InChI is InChI=1S/C11H3BrClF5N2/c12-4-1-3(14)2-5(13)8(4)19-9-6(15)10(17)20-11(18)7(9)16/h1-2H,(H,19,20). The minimum atomic E-state index is -1.82. The van der Waals surface area contributed by atoms with Gasteiger partial charge in [0.25, 0.3) is 11.9 Å². The van der Waals surface area contributed by atoms with Crippen molar-refractivity contribution in [2.24, 2.45) is 0 Å². The molecule has 0 radical (unpaired) electrons. The Labute approximate surface area is 122 Å². The van der Waals surface area contributed by atoms with E-state index >= 15 is 0 Å². The van der Waals surface area contributed by atoms with E-state index in [0.717, 1.165) is 12.1 Å². The molecule has 0 amide bonds. The average Bonchev–Trinajstić information content (AvgIpc) is 2.34. The van der Waals surface area contributed by atoms with Crippen molar-refractivity contribution in [2.45, 2.75) is 0 Å². The fraction of sp³-hybridized carbons (Fsp3) is 0. The van der Waals surface area contributed by atoms with Crippen molar-refractivity contribution >= 4 is 38.9 Å². The van der Waals surface area contributed by atoms with E-state index in [1.54, 1.807) is 0 Å². The highest BCUT2D eigenvalue weighted by molar-refractivity contribution is 9.10. The first-order chi connectivity index (χ1) is 9.31. The van der Waals surface area contributed by atoms with Gasteiger partial charge in [0.05, 0.1) is 10.7 Å². The maximum atomic E-state index is 13.4. The molecule has 0 aliphatic heterocycles. The van der Waals surface area contributed by atoms with Crippen LogP contribution in [0.3, 0.4) is 0 Å². The van der Waals surface area contributed by atoms with Crippen LogP contribution in [0, 0.1) is 29.3 Å². The molecule has 2 aromatic rings. The molecule has 9 heteroatoms. The van der Waals surface area contributed by atoms with Crippen LogP contribution in [0.1, 0.15) is 0 Å². The summed E-state index contributed by atoms with van der Waals surface area (Å²) in [6, 6.07) is 1.82. The van der Waals surface area contributed by atoms with Crippen LogP contribution in [0.2, 0.25) is 5.02 Å². The third-order valence-electron chi connectivity index (χ3n) is 2.25. The van der Waals surface area contributed by atoms with Crippen LogP contribution in [-0.4, -0.2) is 4.98 Å². The molecule has 0 aliphatic rings. The van der Waals surface area contributed by atoms with Crippen molar-refractivity contribution in [1.82, 2.24) is 4.98 Å². The van der Waals surface area contributed by atoms with Crippen LogP contribution in [0.4, 0.5) is 33.3 Å². The highest BCUT2D eigenvalue weighted by Gasteiger charge is 2.22. The van der Waals surface area contributed by atoms with Crippen LogP contribution in [0.15, 0.2) is 16.6 Å². The number of aromatic nitrogens is 1. The quantitative estimate of drug-likeness (QED) is 0.596. The largest absolute Gasteiger partial charge is 0.348 e. The molecule has 1 aromatic carbocycles. The highest BCUT2D eigenvalue weighted by atomic mass is 79.9. The topological polar surface area (TPSA) is 24.9 Å². The number of nitrogens with one attached hydrogen (secondary N) is 1. The molecule has 0 spiro atoms. The molecule has 20 heavy (non-hydrogen) atoms. The average molecular weight is 374 g/mol. The van der Waals surface area contributed by atoms with Crippen molar-refractivity contribution in [3.63, 3.8) is 0 Å². The van der Waals surface area contributed by atoms with E-state index in [0.29, 0.717) is 0 Å². The van der Waals surface area contributed by atoms with E-state index < -0.39 is 35.0 Å². The zero-order valence-electron chi connectivity index (χ0n) is 9.25. The Morgan fingerprint density at radius 1 is 0.950 bits per heavy atom. The second-order valence-electron chi connectivity index (χ2n) is 3.57. The summed E-state index contributed by atoms with van der Waals surface area (Å²) in [7, 11) is 0. The van der Waals surface area contributed by atoms with Gasteiger partial charge in [-0.25, -0.2) is 4.39 Å². The van der Waals surface area contributed by atoms with E-state index in [1.165, 1.54) is 0 Å². The Hall–Kier alpha value is -1.41. The first-order valence-corrected chi connectivity index (χ1v) is 6.10. The SMILES string of the molecule is Fc1cc(Cl)c(Nc2c(F)c(F)nc(F)c2F)c(Br)c1. The Morgan fingerprint density at radius 2 is 1.50 bits per heavy atom. The second-order valence-corrected chi connectivity index (χ2v) is 4.83. The Kier molecular flexibility index (Phi) is 4.14. The third-order valence-corrected chi connectivity index (χ3v) is 3.18. The summed E-state index contributed by atoms with van der Waals surface area (Å²) in [6.45, 7) is 0. The second kappa shape index (κ2) is 5.53. The fourth-order valence-electron chi connectivity index (χ4n) is 1.38. The van der Waals surface area contributed by atoms with Crippen molar-refractivity contribution in [1.29, 1.82) is 0 Å². The number of benzene rings is 1. The van der Waals surface area contributed by atoms with Crippen LogP contribution >= 0.6 is 27.5 Å². The van der Waals surface area contributed by atoms with Gasteiger partial charge in [-0.05, 0) is 28.1 Å². The van der Waals surface area contributed by atoms with E-state index in [4.69, 9.17) is 11.6 Å². The van der Waals surface area contributed by atoms with Gasteiger partial charge in [-0.3, -0.25) is 0 Å². The van der Waals surface area contributed by atoms with Crippen molar-refractivity contribution in [3.8, 4) is 0 Å². The molecule has 0 saturated heterocycles. The highest BCUT2D eigenvalue weighted by Crippen LogP contribution is 2.36. The molecule has 0 unspecified atom stereocenters. The Morgan fingerprint density at radius 3 is 2.00 bits per heavy atom. The molecule has 1 N–H and O–H groups in total. The fourth-order valence-corrected chi connectivity index (χ4v) is 2.28. The summed E-state index contributed by atoms with van der Waals surface area (Å²) in [5.41, 5.74) is -1.28. The van der Waals surface area contributed by atoms with Crippen molar-refractivity contribution in [3.05, 3.63) is 51.0 Å². The number of hydrogen-bond acceptors (Lipinski definition) is 2. The monoisotopic (exact) mass is 372 g/mol. The predicted octanol–water partition coefficient (Wildman–Crippen LogP) is 4.94. The molecule has 0 aliphatic carbocycles. The van der Waals surface area contributed by atoms with Gasteiger partial charge in [-0.2, -0.15) is 22.5 Å². The van der Waals surface area contributed by atoms with Gasteiger partial charge in [0, 0.05) is 4.47 Å². The number of rotatable bonds is 2. The van der Waals surface area contributed by atoms with E-state index in [2.05, 4.69) is 26.2 Å². The number of anilines is 2. The lowest BCUT2D eigenvalue weighted by Crippen LogP contribution is -2.06. The maximum Gasteiger partial charge on any atom is 0.253 e. The normalized spacial score (nSPS) is 10.8. The lowest BCUT2D eigenvalue weighted by molar-refractivity contribution is 0.411. The Balaban J connectivity index is 2.56. The van der Waals surface area contributed by atoms with Crippen LogP contribution in [0.5, 0.6) is 0 Å². The minimum absolute atomic E-state index is 0.0129. The third kappa shape index (κ3) is 2.71. The maximum absolute atomic E-state index is 13.4. The lowest BCUT2D eigenvalue weighted by Gasteiger charge is -2.12. The van der Waals surface area contributed by atoms with Gasteiger partial charge in [0.1, 0.15) is 11.5 Å². The van der Waals surface area contributed by atoms with E-state index in [9.17, 15) is 22.0 Å². The molecule has 106 valence electrons. The Bertz CT molecular complexity index is 646. The van der Waals surface area contributed by atoms with Crippen LogP contribution < -0.4 is 5.32 Å². The van der Waals surface area contributed by atoms with E-state index in [-0.39, 0.29) is 15.2 Å². The van der Waals surface area contributed by atoms with Gasteiger partial charge < -0.3 is 5.32 Å². The zero-order valence-corrected chi connectivity index (χ0v) is 11.6. The summed E-state index contributed by atoms with van der Waals surface area (Å²) in [6.07, 6.45) is 0. The van der Waals surface area contributed by atoms with Gasteiger partial charge in [0.15, 0.2) is 0 Å². The van der Waals surface area contributed by atoms with Crippen molar-refractivity contribution in [2.75, 3.05) is 5.32 Å². The number of halogens is 7. The molecular weight excluding hydrogens is 370 g/mol. The van der Waals surface area contributed by atoms with Crippen LogP contribution in [-0.2, 0) is 0 Å². The molecule has 2 rings (SSSR count). The van der Waals surface area contributed by atoms with Gasteiger partial charge in [0.2, 0.25) is 11.6 Å². The number of nitrogens with zero attached hydrogens (tertiary/aromatic N) is 1. The molecule has 1 heterocycles. The van der Waals surface area contributed by atoms with Gasteiger partial charge in [-0.15, -0.1) is 0 Å². The molecule has 0 bridgehead atoms. The van der Waals surface area contributed by atoms with E-state index in [1.807, 2.05) is 0 Å². The lowest BCUT2D eigenvalue weighted by atomic mass is 10.2. The summed E-state index contributed by atoms with van der Waals surface area (Å²) < 4.78 is 65.8. The number of hydrogen-bond donors (Lipinski definition) is 1. The first kappa shape index (κ1) is 15.0. The summed E-state index contributed by atoms with van der Waals surface area (Å²) in [5.74, 6) is -7.80. The van der Waals surface area contributed by atoms with Crippen molar-refractivity contribution < 1.29 is 22.0 Å². The molecule has 0 fully saturated rings. The van der Waals surface area contributed by atoms with Gasteiger partial charge in [-0.1, -0.05) is 11.6 Å². The zero-order chi connectivity index (χ0) is 15.0. The molecule has 0 saturated carbocycles. The molecule has 2 nitrogen and oxygen atoms in total. The molecule has 0 atom stereocenters. The van der Waals surface area contributed by atoms with Crippen LogP contribution in [0.25, 0.3) is 0 Å². The molecule has 1 aromatic heterocycles. The smallest absolute Gasteiger partial charge is 0.253 e. The number of pyridine rings is 1. The minimum Gasteiger partial charge on any atom is -0.348 e. The first-order valence-electron chi connectivity index (χ1n) is 4.92. The summed E-state index contributed by atoms with van der Waals surface area (Å²) in [5, 5.41) is 1.83. The summed E-state index contributed by atoms with van der Waals surface area (Å²) in [4.78, 5) is 2.41. The molecular formula is C11H3BrClF5N2. The summed E-state index contributed by atoms with van der Waals surface area (Å²) >= 11 is 8.60. The predicted molar refractivity (Wildman–Crippen MR) is 66.5 cm³/mol.